The van der Waals surface area contributed by atoms with Crippen molar-refractivity contribution in [2.45, 2.75) is 5.50 Å². The molecule has 1 aliphatic rings. The van der Waals surface area contributed by atoms with Gasteiger partial charge in [-0.25, -0.2) is 8.78 Å². The van der Waals surface area contributed by atoms with E-state index < -0.39 is 28.7 Å². The molecule has 0 radical (unpaired) electrons. The van der Waals surface area contributed by atoms with Gasteiger partial charge in [-0.15, -0.1) is 12.6 Å². The second-order valence-electron chi connectivity index (χ2n) is 4.31. The zero-order valence-corrected chi connectivity index (χ0v) is 11.1. The van der Waals surface area contributed by atoms with Crippen molar-refractivity contribution in [3.63, 3.8) is 0 Å². The Bertz CT molecular complexity index is 672. The van der Waals surface area contributed by atoms with Gasteiger partial charge in [0.2, 0.25) is 0 Å². The van der Waals surface area contributed by atoms with E-state index in [-0.39, 0.29) is 0 Å². The van der Waals surface area contributed by atoms with E-state index in [2.05, 4.69) is 17.9 Å². The molecule has 0 spiro atoms. The van der Waals surface area contributed by atoms with Gasteiger partial charge in [-0.05, 0) is 24.3 Å². The van der Waals surface area contributed by atoms with Crippen molar-refractivity contribution in [1.29, 1.82) is 0 Å². The molecule has 1 unspecified atom stereocenters. The van der Waals surface area contributed by atoms with E-state index in [0.717, 1.165) is 17.0 Å². The summed E-state index contributed by atoms with van der Waals surface area (Å²) in [7, 11) is 0. The van der Waals surface area contributed by atoms with Crippen LogP contribution in [0.15, 0.2) is 42.5 Å². The summed E-state index contributed by atoms with van der Waals surface area (Å²) >= 11 is 4.21. The molecule has 0 bridgehead atoms. The molecule has 1 N–H and O–H groups in total. The van der Waals surface area contributed by atoms with Gasteiger partial charge in [0.1, 0.15) is 17.3 Å². The number of benzene rings is 2. The number of rotatable bonds is 1. The highest BCUT2D eigenvalue weighted by Crippen LogP contribution is 2.33. The minimum Gasteiger partial charge on any atom is -0.356 e. The summed E-state index contributed by atoms with van der Waals surface area (Å²) in [6.45, 7) is 0. The third kappa shape index (κ3) is 1.92. The van der Waals surface area contributed by atoms with Crippen LogP contribution in [0.5, 0.6) is 0 Å². The molecule has 0 saturated heterocycles. The monoisotopic (exact) mass is 292 g/mol. The highest BCUT2D eigenvalue weighted by atomic mass is 32.1. The number of carbonyl (C=O) groups is 1. The second-order valence-corrected chi connectivity index (χ2v) is 4.80. The molecule has 1 aliphatic heterocycles. The summed E-state index contributed by atoms with van der Waals surface area (Å²) in [6.07, 6.45) is 0. The Morgan fingerprint density at radius 2 is 1.70 bits per heavy atom. The molecule has 0 aliphatic carbocycles. The van der Waals surface area contributed by atoms with Crippen molar-refractivity contribution in [3.8, 4) is 0 Å². The summed E-state index contributed by atoms with van der Waals surface area (Å²) in [6, 6.07) is 10.2. The maximum absolute atomic E-state index is 13.9. The van der Waals surface area contributed by atoms with Gasteiger partial charge in [-0.1, -0.05) is 18.2 Å². The zero-order chi connectivity index (χ0) is 14.3. The predicted octanol–water partition coefficient (Wildman–Crippen LogP) is 3.25. The molecule has 3 rings (SSSR count). The molecule has 2 aromatic carbocycles. The molecule has 102 valence electrons. The lowest BCUT2D eigenvalue weighted by Crippen LogP contribution is -2.46. The van der Waals surface area contributed by atoms with Crippen molar-refractivity contribution < 1.29 is 13.6 Å². The van der Waals surface area contributed by atoms with Gasteiger partial charge in [0.15, 0.2) is 5.50 Å². The Kier molecular flexibility index (Phi) is 3.10. The van der Waals surface area contributed by atoms with Crippen LogP contribution in [0.2, 0.25) is 0 Å². The van der Waals surface area contributed by atoms with Crippen LogP contribution in [0.4, 0.5) is 20.2 Å². The number of anilines is 2. The van der Waals surface area contributed by atoms with Crippen molar-refractivity contribution >= 4 is 29.9 Å². The largest absolute Gasteiger partial charge is 0.356 e. The molecule has 6 heteroatoms. The Balaban J connectivity index is 2.14. The SMILES string of the molecule is O=C1c2ccccc2NC(S)N1c1c(F)cccc1F. The number of nitrogens with one attached hydrogen (secondary N) is 1. The Morgan fingerprint density at radius 3 is 2.40 bits per heavy atom. The molecule has 2 aromatic rings. The maximum atomic E-state index is 13.9. The lowest BCUT2D eigenvalue weighted by atomic mass is 10.1. The molecule has 3 nitrogen and oxygen atoms in total. The number of carbonyl (C=O) groups excluding carboxylic acids is 1. The first kappa shape index (κ1) is 12.9. The summed E-state index contributed by atoms with van der Waals surface area (Å²) < 4.78 is 27.7. The lowest BCUT2D eigenvalue weighted by molar-refractivity contribution is 0.0981. The fraction of sp³-hybridized carbons (Fsp3) is 0.0714. The van der Waals surface area contributed by atoms with E-state index >= 15 is 0 Å². The van der Waals surface area contributed by atoms with E-state index in [0.29, 0.717) is 11.3 Å². The van der Waals surface area contributed by atoms with Crippen LogP contribution >= 0.6 is 12.6 Å². The number of amides is 1. The van der Waals surface area contributed by atoms with Crippen LogP contribution in [-0.4, -0.2) is 11.4 Å². The van der Waals surface area contributed by atoms with E-state index in [9.17, 15) is 13.6 Å². The van der Waals surface area contributed by atoms with E-state index in [1.54, 1.807) is 24.3 Å². The van der Waals surface area contributed by atoms with Crippen LogP contribution in [-0.2, 0) is 0 Å². The average Bonchev–Trinajstić information content (AvgIpc) is 2.42. The Hall–Kier alpha value is -2.08. The quantitative estimate of drug-likeness (QED) is 0.791. The normalized spacial score (nSPS) is 17.6. The fourth-order valence-electron chi connectivity index (χ4n) is 2.18. The lowest BCUT2D eigenvalue weighted by Gasteiger charge is -2.35. The molecule has 0 saturated carbocycles. The standard InChI is InChI=1S/C14H10F2N2OS/c15-9-5-3-6-10(16)12(9)18-13(19)8-4-1-2-7-11(8)17-14(18)20/h1-7,14,17,20H. The maximum Gasteiger partial charge on any atom is 0.262 e. The number of fused-ring (bicyclic) bond motifs is 1. The molecule has 1 heterocycles. The predicted molar refractivity (Wildman–Crippen MR) is 76.0 cm³/mol. The molecule has 20 heavy (non-hydrogen) atoms. The third-order valence-corrected chi connectivity index (χ3v) is 3.44. The number of hydrogen-bond acceptors (Lipinski definition) is 3. The van der Waals surface area contributed by atoms with Gasteiger partial charge in [-0.2, -0.15) is 0 Å². The van der Waals surface area contributed by atoms with Crippen LogP contribution in [0.25, 0.3) is 0 Å². The highest BCUT2D eigenvalue weighted by molar-refractivity contribution is 7.81. The number of nitrogens with zero attached hydrogens (tertiary/aromatic N) is 1. The van der Waals surface area contributed by atoms with Crippen LogP contribution in [0.3, 0.4) is 0 Å². The minimum absolute atomic E-state index is 0.348. The van der Waals surface area contributed by atoms with E-state index in [1.165, 1.54) is 6.07 Å². The number of para-hydroxylation sites is 2. The van der Waals surface area contributed by atoms with Crippen molar-refractivity contribution in [2.75, 3.05) is 10.2 Å². The minimum atomic E-state index is -0.844. The molecule has 0 aromatic heterocycles. The van der Waals surface area contributed by atoms with Crippen molar-refractivity contribution in [3.05, 3.63) is 59.7 Å². The molecule has 1 atom stereocenters. The molecular weight excluding hydrogens is 282 g/mol. The summed E-state index contributed by atoms with van der Waals surface area (Å²) in [4.78, 5) is 13.4. The fourth-order valence-corrected chi connectivity index (χ4v) is 2.54. The first-order valence-corrected chi connectivity index (χ1v) is 6.42. The first-order valence-electron chi connectivity index (χ1n) is 5.91. The second kappa shape index (κ2) is 4.79. The van der Waals surface area contributed by atoms with Crippen molar-refractivity contribution in [2.24, 2.45) is 0 Å². The van der Waals surface area contributed by atoms with Gasteiger partial charge in [0.05, 0.1) is 5.56 Å². The zero-order valence-electron chi connectivity index (χ0n) is 10.2. The summed E-state index contributed by atoms with van der Waals surface area (Å²) in [5, 5.41) is 2.93. The van der Waals surface area contributed by atoms with Crippen LogP contribution < -0.4 is 10.2 Å². The van der Waals surface area contributed by atoms with E-state index in [1.807, 2.05) is 0 Å². The summed E-state index contributed by atoms with van der Waals surface area (Å²) in [5.74, 6) is -2.11. The topological polar surface area (TPSA) is 32.3 Å². The van der Waals surface area contributed by atoms with Gasteiger partial charge >= 0.3 is 0 Å². The van der Waals surface area contributed by atoms with Gasteiger partial charge in [-0.3, -0.25) is 9.69 Å². The van der Waals surface area contributed by atoms with E-state index in [4.69, 9.17) is 0 Å². The molecule has 0 fully saturated rings. The smallest absolute Gasteiger partial charge is 0.262 e. The third-order valence-electron chi connectivity index (χ3n) is 3.08. The Morgan fingerprint density at radius 1 is 1.05 bits per heavy atom. The van der Waals surface area contributed by atoms with Crippen LogP contribution in [0.1, 0.15) is 10.4 Å². The van der Waals surface area contributed by atoms with Gasteiger partial charge in [0.25, 0.3) is 5.91 Å². The van der Waals surface area contributed by atoms with Crippen molar-refractivity contribution in [1.82, 2.24) is 0 Å². The molecular formula is C14H10F2N2OS. The average molecular weight is 292 g/mol. The van der Waals surface area contributed by atoms with Crippen LogP contribution in [0, 0.1) is 11.6 Å². The first-order chi connectivity index (χ1) is 9.59. The number of hydrogen-bond donors (Lipinski definition) is 2. The van der Waals surface area contributed by atoms with Gasteiger partial charge < -0.3 is 5.32 Å². The number of halogens is 2. The van der Waals surface area contributed by atoms with Gasteiger partial charge in [0, 0.05) is 5.69 Å². The Labute approximate surface area is 119 Å². The molecule has 1 amide bonds. The summed E-state index contributed by atoms with van der Waals surface area (Å²) in [5.41, 5.74) is -0.311. The highest BCUT2D eigenvalue weighted by Gasteiger charge is 2.34. The number of thiol groups is 1.